The smallest absolute Gasteiger partial charge is 0.0969 e. The van der Waals surface area contributed by atoms with Gasteiger partial charge in [-0.3, -0.25) is 0 Å². The number of rotatable bonds is 3. The summed E-state index contributed by atoms with van der Waals surface area (Å²) in [6, 6.07) is 4.20. The highest BCUT2D eigenvalue weighted by atomic mass is 32.1. The fraction of sp³-hybridized carbons (Fsp3) is 0.364. The maximum absolute atomic E-state index is 8.93. The Balaban J connectivity index is 3.09. The van der Waals surface area contributed by atoms with E-state index in [0.717, 1.165) is 23.3 Å². The zero-order valence-corrected chi connectivity index (χ0v) is 9.32. The summed E-state index contributed by atoms with van der Waals surface area (Å²) in [4.78, 5) is 1.04. The number of nitriles is 1. The largest absolute Gasteiger partial charge is 0.397 e. The molecule has 0 aliphatic rings. The zero-order valence-electron chi connectivity index (χ0n) is 8.50. The van der Waals surface area contributed by atoms with Crippen LogP contribution in [0.5, 0.6) is 0 Å². The van der Waals surface area contributed by atoms with Crippen LogP contribution in [0.3, 0.4) is 0 Å². The van der Waals surface area contributed by atoms with E-state index in [1.54, 1.807) is 11.3 Å². The molecule has 14 heavy (non-hydrogen) atoms. The Kier molecular flexibility index (Phi) is 3.73. The quantitative estimate of drug-likeness (QED) is 0.773. The van der Waals surface area contributed by atoms with Crippen LogP contribution < -0.4 is 5.73 Å². The molecule has 1 heterocycles. The Bertz CT molecular complexity index is 382. The van der Waals surface area contributed by atoms with Gasteiger partial charge in [-0.05, 0) is 30.4 Å². The first-order valence-electron chi connectivity index (χ1n) is 4.63. The highest BCUT2D eigenvalue weighted by Crippen LogP contribution is 2.25. The van der Waals surface area contributed by atoms with Crippen molar-refractivity contribution in [3.8, 4) is 6.07 Å². The lowest BCUT2D eigenvalue weighted by molar-refractivity contribution is 0.929. The summed E-state index contributed by atoms with van der Waals surface area (Å²) < 4.78 is 0. The number of nitrogens with zero attached hydrogens (tertiary/aromatic N) is 1. The van der Waals surface area contributed by atoms with Crippen molar-refractivity contribution < 1.29 is 0 Å². The van der Waals surface area contributed by atoms with Gasteiger partial charge in [-0.15, -0.1) is 11.3 Å². The average molecular weight is 206 g/mol. The average Bonchev–Trinajstić information content (AvgIpc) is 2.59. The predicted octanol–water partition coefficient (Wildman–Crippen LogP) is 3.05. The predicted molar refractivity (Wildman–Crippen MR) is 60.7 cm³/mol. The van der Waals surface area contributed by atoms with E-state index < -0.39 is 0 Å². The summed E-state index contributed by atoms with van der Waals surface area (Å²) in [5.41, 5.74) is 8.46. The molecule has 2 N–H and O–H groups in total. The fourth-order valence-corrected chi connectivity index (χ4v) is 2.20. The number of thiophene rings is 1. The Hall–Kier alpha value is -1.27. The highest BCUT2D eigenvalue weighted by molar-refractivity contribution is 7.11. The molecule has 0 unspecified atom stereocenters. The Morgan fingerprint density at radius 3 is 2.79 bits per heavy atom. The van der Waals surface area contributed by atoms with Crippen molar-refractivity contribution in [1.82, 2.24) is 0 Å². The Morgan fingerprint density at radius 2 is 2.36 bits per heavy atom. The van der Waals surface area contributed by atoms with E-state index in [2.05, 4.69) is 6.07 Å². The molecule has 0 aliphatic carbocycles. The van der Waals surface area contributed by atoms with Crippen LogP contribution in [0.1, 0.15) is 30.2 Å². The van der Waals surface area contributed by atoms with Crippen LogP contribution in [0.15, 0.2) is 17.0 Å². The van der Waals surface area contributed by atoms with Gasteiger partial charge in [0.25, 0.3) is 0 Å². The lowest BCUT2D eigenvalue weighted by Gasteiger charge is -2.03. The second kappa shape index (κ2) is 4.83. The van der Waals surface area contributed by atoms with Crippen LogP contribution >= 0.6 is 11.3 Å². The number of allylic oxidation sites excluding steroid dienone is 1. The lowest BCUT2D eigenvalue weighted by Crippen LogP contribution is -2.00. The highest BCUT2D eigenvalue weighted by Gasteiger charge is 2.08. The van der Waals surface area contributed by atoms with E-state index in [1.165, 1.54) is 0 Å². The summed E-state index contributed by atoms with van der Waals surface area (Å²) in [6.45, 7) is 4.06. The van der Waals surface area contributed by atoms with Gasteiger partial charge in [-0.25, -0.2) is 0 Å². The van der Waals surface area contributed by atoms with Gasteiger partial charge in [0.15, 0.2) is 0 Å². The summed E-state index contributed by atoms with van der Waals surface area (Å²) in [7, 11) is 0. The molecular formula is C11H14N2S. The van der Waals surface area contributed by atoms with Crippen LogP contribution in [0.4, 0.5) is 0 Å². The van der Waals surface area contributed by atoms with Crippen LogP contribution in [0, 0.1) is 18.3 Å². The second-order valence-electron chi connectivity index (χ2n) is 3.19. The topological polar surface area (TPSA) is 49.8 Å². The van der Waals surface area contributed by atoms with Crippen molar-refractivity contribution >= 4 is 17.0 Å². The maximum atomic E-state index is 8.93. The third-order valence-corrected chi connectivity index (χ3v) is 3.12. The molecule has 0 atom stereocenters. The molecule has 1 aromatic heterocycles. The van der Waals surface area contributed by atoms with Gasteiger partial charge in [0, 0.05) is 0 Å². The van der Waals surface area contributed by atoms with Crippen molar-refractivity contribution in [2.24, 2.45) is 5.73 Å². The molecule has 0 spiro atoms. The minimum Gasteiger partial charge on any atom is -0.397 e. The lowest BCUT2D eigenvalue weighted by atomic mass is 10.1. The van der Waals surface area contributed by atoms with Gasteiger partial charge in [-0.2, -0.15) is 5.26 Å². The van der Waals surface area contributed by atoms with Crippen molar-refractivity contribution in [1.29, 1.82) is 5.26 Å². The summed E-state index contributed by atoms with van der Waals surface area (Å²) in [5, 5.41) is 10.9. The van der Waals surface area contributed by atoms with E-state index in [-0.39, 0.29) is 0 Å². The summed E-state index contributed by atoms with van der Waals surface area (Å²) in [6.07, 6.45) is 1.72. The molecule has 0 bridgehead atoms. The molecule has 0 saturated carbocycles. The minimum atomic E-state index is 0.654. The van der Waals surface area contributed by atoms with Crippen molar-refractivity contribution in [3.05, 3.63) is 27.5 Å². The number of nitrogens with two attached hydrogens (primary N) is 1. The molecule has 0 aromatic carbocycles. The molecule has 2 nitrogen and oxygen atoms in total. The van der Waals surface area contributed by atoms with Gasteiger partial charge < -0.3 is 5.73 Å². The van der Waals surface area contributed by atoms with Gasteiger partial charge >= 0.3 is 0 Å². The molecule has 0 saturated heterocycles. The third kappa shape index (κ3) is 2.15. The molecule has 1 aromatic rings. The van der Waals surface area contributed by atoms with Gasteiger partial charge in [-0.1, -0.05) is 13.3 Å². The molecule has 0 amide bonds. The van der Waals surface area contributed by atoms with Crippen LogP contribution in [0.2, 0.25) is 0 Å². The van der Waals surface area contributed by atoms with E-state index >= 15 is 0 Å². The number of hydrogen-bond acceptors (Lipinski definition) is 3. The first kappa shape index (κ1) is 10.8. The summed E-state index contributed by atoms with van der Waals surface area (Å²) >= 11 is 1.59. The van der Waals surface area contributed by atoms with E-state index in [1.807, 2.05) is 25.3 Å². The van der Waals surface area contributed by atoms with E-state index in [4.69, 9.17) is 11.0 Å². The Morgan fingerprint density at radius 1 is 1.64 bits per heavy atom. The van der Waals surface area contributed by atoms with Crippen molar-refractivity contribution in [3.63, 3.8) is 0 Å². The molecule has 0 aliphatic heterocycles. The monoisotopic (exact) mass is 206 g/mol. The summed E-state index contributed by atoms with van der Waals surface area (Å²) in [5.74, 6) is 0. The van der Waals surface area contributed by atoms with E-state index in [0.29, 0.717) is 11.3 Å². The normalized spacial score (nSPS) is 12.1. The molecule has 0 fully saturated rings. The molecular weight excluding hydrogens is 192 g/mol. The maximum Gasteiger partial charge on any atom is 0.0969 e. The first-order chi connectivity index (χ1) is 6.70. The molecule has 0 radical (unpaired) electrons. The van der Waals surface area contributed by atoms with Gasteiger partial charge in [0.1, 0.15) is 0 Å². The van der Waals surface area contributed by atoms with Gasteiger partial charge in [0.2, 0.25) is 0 Å². The SMILES string of the molecule is CCC/C(C#N)=C(/N)c1sccc1C. The first-order valence-corrected chi connectivity index (χ1v) is 5.51. The number of aryl methyl sites for hydroxylation is 1. The van der Waals surface area contributed by atoms with Crippen LogP contribution in [0.25, 0.3) is 5.70 Å². The molecule has 3 heteroatoms. The van der Waals surface area contributed by atoms with Crippen molar-refractivity contribution in [2.75, 3.05) is 0 Å². The third-order valence-electron chi connectivity index (χ3n) is 2.07. The fourth-order valence-electron chi connectivity index (χ4n) is 1.29. The minimum absolute atomic E-state index is 0.654. The standard InChI is InChI=1S/C11H14N2S/c1-3-4-9(7-12)10(13)11-8(2)5-6-14-11/h5-6H,3-4,13H2,1-2H3/b10-9-. The Labute approximate surface area is 88.7 Å². The molecule has 74 valence electrons. The zero-order chi connectivity index (χ0) is 10.6. The number of hydrogen-bond donors (Lipinski definition) is 1. The van der Waals surface area contributed by atoms with Gasteiger partial charge in [0.05, 0.1) is 22.2 Å². The molecule has 1 rings (SSSR count). The second-order valence-corrected chi connectivity index (χ2v) is 4.10. The van der Waals surface area contributed by atoms with Crippen molar-refractivity contribution in [2.45, 2.75) is 26.7 Å². The van der Waals surface area contributed by atoms with Crippen LogP contribution in [-0.4, -0.2) is 0 Å². The van der Waals surface area contributed by atoms with E-state index in [9.17, 15) is 0 Å². The van der Waals surface area contributed by atoms with Crippen LogP contribution in [-0.2, 0) is 0 Å².